The van der Waals surface area contributed by atoms with E-state index in [-0.39, 0.29) is 35.9 Å². The van der Waals surface area contributed by atoms with Crippen LogP contribution in [0.3, 0.4) is 0 Å². The average molecular weight is 605 g/mol. The van der Waals surface area contributed by atoms with Crippen LogP contribution in [0.2, 0.25) is 0 Å². The molecule has 0 saturated carbocycles. The summed E-state index contributed by atoms with van der Waals surface area (Å²) < 4.78 is 32.0. The number of carboxylic acids is 1. The number of Topliss-reactive ketones (excluding diaryl/α,β-unsaturated/α-hetero) is 1. The number of ether oxygens (including phenoxy) is 4. The Morgan fingerprint density at radius 2 is 1.37 bits per heavy atom. The van der Waals surface area contributed by atoms with E-state index in [1.165, 1.54) is 7.11 Å². The zero-order chi connectivity index (χ0) is 31.3. The van der Waals surface area contributed by atoms with Crippen molar-refractivity contribution in [2.75, 3.05) is 7.11 Å². The van der Waals surface area contributed by atoms with Crippen molar-refractivity contribution in [3.63, 3.8) is 0 Å². The lowest BCUT2D eigenvalue weighted by Gasteiger charge is -2.21. The van der Waals surface area contributed by atoms with Crippen molar-refractivity contribution in [2.24, 2.45) is 0 Å². The molecule has 0 saturated heterocycles. The van der Waals surface area contributed by atoms with Gasteiger partial charge in [-0.15, -0.1) is 0 Å². The van der Waals surface area contributed by atoms with Crippen LogP contribution in [0, 0.1) is 0 Å². The first-order valence-corrected chi connectivity index (χ1v) is 14.7. The second-order valence-corrected chi connectivity index (χ2v) is 11.3. The molecule has 0 unspecified atom stereocenters. The fraction of sp³-hybridized carbons (Fsp3) is 0.333. The average Bonchev–Trinajstić information content (AvgIpc) is 3.41. The summed E-state index contributed by atoms with van der Waals surface area (Å²) in [5.41, 5.74) is 2.44. The number of nitrogens with zero attached hydrogens (tertiary/aromatic N) is 2. The van der Waals surface area contributed by atoms with E-state index in [1.54, 1.807) is 54.6 Å². The fourth-order valence-corrected chi connectivity index (χ4v) is 5.08. The van der Waals surface area contributed by atoms with Crippen molar-refractivity contribution in [1.29, 1.82) is 0 Å². The molecule has 1 N–H and O–H groups in total. The third-order valence-corrected chi connectivity index (χ3v) is 6.77. The van der Waals surface area contributed by atoms with Gasteiger partial charge >= 0.3 is 5.97 Å². The molecular formula is C33H36N2O7S. The van der Waals surface area contributed by atoms with Gasteiger partial charge < -0.3 is 24.1 Å². The maximum atomic E-state index is 14.2. The standard InChI is InChI=1S/C33H36N2O7S/c1-18(2)40-24-11-8-22(9-12-24)31(36)25(30(33(37)38)23-10-13-26-27(17-23)35-43-34-26)14-21-15-28(39-7)32(42-20(5)6)29(16-21)41-19(3)4/h8-13,15-20H,14H2,1-7H3,(H,37,38)/b30-25+. The Bertz CT molecular complexity index is 1640. The third-order valence-electron chi connectivity index (χ3n) is 6.22. The minimum Gasteiger partial charge on any atom is -0.493 e. The number of hydrogen-bond donors (Lipinski definition) is 1. The topological polar surface area (TPSA) is 117 Å². The molecule has 0 amide bonds. The van der Waals surface area contributed by atoms with Crippen LogP contribution in [0.15, 0.2) is 60.2 Å². The number of rotatable bonds is 13. The highest BCUT2D eigenvalue weighted by Gasteiger charge is 2.26. The number of fused-ring (bicyclic) bond motifs is 1. The molecule has 43 heavy (non-hydrogen) atoms. The van der Waals surface area contributed by atoms with Crippen molar-refractivity contribution in [3.05, 3.63) is 76.9 Å². The van der Waals surface area contributed by atoms with Crippen LogP contribution in [0.4, 0.5) is 0 Å². The monoisotopic (exact) mass is 604 g/mol. The Balaban J connectivity index is 1.90. The molecule has 0 aliphatic carbocycles. The lowest BCUT2D eigenvalue weighted by molar-refractivity contribution is -0.130. The SMILES string of the molecule is COc1cc(C/C(C(=O)c2ccc(OC(C)C)cc2)=C(\C(=O)O)c2ccc3nsnc3c2)cc(OC(C)C)c1OC(C)C. The van der Waals surface area contributed by atoms with Crippen LogP contribution in [0.5, 0.6) is 23.0 Å². The highest BCUT2D eigenvalue weighted by Crippen LogP contribution is 2.41. The Kier molecular flexibility index (Phi) is 10.0. The van der Waals surface area contributed by atoms with Crippen molar-refractivity contribution in [1.82, 2.24) is 8.75 Å². The van der Waals surface area contributed by atoms with Gasteiger partial charge in [-0.05, 0) is 101 Å². The van der Waals surface area contributed by atoms with Crippen LogP contribution < -0.4 is 18.9 Å². The van der Waals surface area contributed by atoms with Gasteiger partial charge in [-0.25, -0.2) is 4.79 Å². The molecule has 4 aromatic rings. The summed E-state index contributed by atoms with van der Waals surface area (Å²) in [6.07, 6.45) is -0.385. The number of carbonyl (C=O) groups excluding carboxylic acids is 1. The number of carbonyl (C=O) groups is 2. The second-order valence-electron chi connectivity index (χ2n) is 10.8. The van der Waals surface area contributed by atoms with E-state index >= 15 is 0 Å². The molecular weight excluding hydrogens is 568 g/mol. The summed E-state index contributed by atoms with van der Waals surface area (Å²) in [6.45, 7) is 11.4. The van der Waals surface area contributed by atoms with Crippen molar-refractivity contribution in [2.45, 2.75) is 66.3 Å². The second kappa shape index (κ2) is 13.7. The fourth-order valence-electron chi connectivity index (χ4n) is 4.56. The summed E-state index contributed by atoms with van der Waals surface area (Å²) in [6, 6.07) is 15.2. The molecule has 1 aromatic heterocycles. The van der Waals surface area contributed by atoms with E-state index in [0.29, 0.717) is 50.7 Å². The first-order valence-electron chi connectivity index (χ1n) is 14.0. The Hall–Kier alpha value is -4.44. The number of aliphatic carboxylic acids is 1. The van der Waals surface area contributed by atoms with Crippen molar-refractivity contribution in [3.8, 4) is 23.0 Å². The van der Waals surface area contributed by atoms with E-state index in [1.807, 2.05) is 41.5 Å². The number of methoxy groups -OCH3 is 1. The van der Waals surface area contributed by atoms with Gasteiger partial charge in [-0.3, -0.25) is 4.79 Å². The van der Waals surface area contributed by atoms with Crippen molar-refractivity contribution < 1.29 is 33.6 Å². The van der Waals surface area contributed by atoms with Gasteiger partial charge in [0.25, 0.3) is 0 Å². The zero-order valence-corrected chi connectivity index (χ0v) is 26.2. The molecule has 0 aliphatic rings. The third kappa shape index (κ3) is 7.70. The van der Waals surface area contributed by atoms with E-state index in [9.17, 15) is 14.7 Å². The molecule has 10 heteroatoms. The molecule has 3 aromatic carbocycles. The van der Waals surface area contributed by atoms with Gasteiger partial charge in [0.2, 0.25) is 5.75 Å². The Labute approximate surface area is 255 Å². The van der Waals surface area contributed by atoms with Crippen LogP contribution >= 0.6 is 11.7 Å². The minimum atomic E-state index is -1.24. The van der Waals surface area contributed by atoms with Crippen LogP contribution in [0.1, 0.15) is 63.0 Å². The predicted molar refractivity (Wildman–Crippen MR) is 167 cm³/mol. The van der Waals surface area contributed by atoms with Crippen LogP contribution in [-0.2, 0) is 11.2 Å². The first kappa shape index (κ1) is 31.5. The number of ketones is 1. The van der Waals surface area contributed by atoms with Crippen molar-refractivity contribution >= 4 is 40.1 Å². The number of benzene rings is 3. The van der Waals surface area contributed by atoms with E-state index in [2.05, 4.69) is 8.75 Å². The highest BCUT2D eigenvalue weighted by molar-refractivity contribution is 7.00. The smallest absolute Gasteiger partial charge is 0.336 e. The van der Waals surface area contributed by atoms with Gasteiger partial charge in [0, 0.05) is 17.6 Å². The highest BCUT2D eigenvalue weighted by atomic mass is 32.1. The maximum Gasteiger partial charge on any atom is 0.336 e. The zero-order valence-electron chi connectivity index (χ0n) is 25.3. The normalized spacial score (nSPS) is 12.0. The largest absolute Gasteiger partial charge is 0.493 e. The first-order chi connectivity index (χ1) is 20.5. The quantitative estimate of drug-likeness (QED) is 0.127. The molecule has 0 atom stereocenters. The Morgan fingerprint density at radius 3 is 1.98 bits per heavy atom. The lowest BCUT2D eigenvalue weighted by Crippen LogP contribution is -2.15. The van der Waals surface area contributed by atoms with E-state index in [0.717, 1.165) is 11.7 Å². The van der Waals surface area contributed by atoms with Gasteiger partial charge in [0.1, 0.15) is 16.8 Å². The Morgan fingerprint density at radius 1 is 0.767 bits per heavy atom. The van der Waals surface area contributed by atoms with E-state index in [4.69, 9.17) is 18.9 Å². The van der Waals surface area contributed by atoms with Crippen LogP contribution in [0.25, 0.3) is 16.6 Å². The number of allylic oxidation sites excluding steroid dienone is 1. The summed E-state index contributed by atoms with van der Waals surface area (Å²) in [5.74, 6) is 0.224. The molecule has 0 fully saturated rings. The molecule has 0 spiro atoms. The van der Waals surface area contributed by atoms with E-state index < -0.39 is 11.8 Å². The summed E-state index contributed by atoms with van der Waals surface area (Å²) in [4.78, 5) is 27.1. The summed E-state index contributed by atoms with van der Waals surface area (Å²) >= 11 is 1.04. The summed E-state index contributed by atoms with van der Waals surface area (Å²) in [5, 5.41) is 10.5. The number of hydrogen-bond acceptors (Lipinski definition) is 9. The molecule has 1 heterocycles. The molecule has 4 rings (SSSR count). The van der Waals surface area contributed by atoms with Gasteiger partial charge in [0.05, 0.1) is 42.7 Å². The van der Waals surface area contributed by atoms with Gasteiger partial charge in [-0.2, -0.15) is 8.75 Å². The summed E-state index contributed by atoms with van der Waals surface area (Å²) in [7, 11) is 1.52. The predicted octanol–water partition coefficient (Wildman–Crippen LogP) is 7.03. The molecule has 0 bridgehead atoms. The van der Waals surface area contributed by atoms with Crippen LogP contribution in [-0.4, -0.2) is 51.0 Å². The maximum absolute atomic E-state index is 14.2. The lowest BCUT2D eigenvalue weighted by atomic mass is 9.89. The number of carboxylic acid groups (broad SMARTS) is 1. The molecule has 0 radical (unpaired) electrons. The molecule has 0 aliphatic heterocycles. The minimum absolute atomic E-state index is 0.0230. The van der Waals surface area contributed by atoms with Gasteiger partial charge in [-0.1, -0.05) is 6.07 Å². The molecule has 226 valence electrons. The molecule has 9 nitrogen and oxygen atoms in total. The number of aromatic nitrogens is 2. The van der Waals surface area contributed by atoms with Gasteiger partial charge in [0.15, 0.2) is 17.3 Å².